The Morgan fingerprint density at radius 2 is 1.59 bits per heavy atom. The van der Waals surface area contributed by atoms with E-state index in [1.165, 1.54) is 0 Å². The van der Waals surface area contributed by atoms with E-state index in [0.717, 1.165) is 17.5 Å². The summed E-state index contributed by atoms with van der Waals surface area (Å²) >= 11 is 0. The van der Waals surface area contributed by atoms with Gasteiger partial charge in [-0.15, -0.1) is 0 Å². The lowest BCUT2D eigenvalue weighted by atomic mass is 9.99. The summed E-state index contributed by atoms with van der Waals surface area (Å²) in [7, 11) is 0. The lowest BCUT2D eigenvalue weighted by Gasteiger charge is -2.32. The van der Waals surface area contributed by atoms with Crippen LogP contribution in [0.25, 0.3) is 0 Å². The van der Waals surface area contributed by atoms with Gasteiger partial charge in [-0.25, -0.2) is 0 Å². The van der Waals surface area contributed by atoms with Crippen LogP contribution < -0.4 is 10.6 Å². The SMILES string of the molecule is CC(C)CC(C(=O)N[C@@H](Cc1ccccc1)C(=O)NCc1ccccc1)N1CCC[C@H]1C(=O)O. The summed E-state index contributed by atoms with van der Waals surface area (Å²) in [6.45, 7) is 4.95. The Bertz CT molecular complexity index is 949. The van der Waals surface area contributed by atoms with Crippen molar-refractivity contribution in [3.8, 4) is 0 Å². The quantitative estimate of drug-likeness (QED) is 0.474. The Hall–Kier alpha value is -3.19. The molecule has 0 aliphatic carbocycles. The second kappa shape index (κ2) is 12.3. The lowest BCUT2D eigenvalue weighted by Crippen LogP contribution is -2.56. The predicted octanol–water partition coefficient (Wildman–Crippen LogP) is 2.99. The second-order valence-electron chi connectivity index (χ2n) is 9.33. The molecule has 0 radical (unpaired) electrons. The van der Waals surface area contributed by atoms with Gasteiger partial charge in [0.15, 0.2) is 0 Å². The fourth-order valence-electron chi connectivity index (χ4n) is 4.50. The van der Waals surface area contributed by atoms with E-state index in [9.17, 15) is 19.5 Å². The van der Waals surface area contributed by atoms with Crippen molar-refractivity contribution in [2.24, 2.45) is 5.92 Å². The number of hydrogen-bond acceptors (Lipinski definition) is 4. The van der Waals surface area contributed by atoms with Crippen LogP contribution in [-0.4, -0.2) is 52.5 Å². The molecule has 3 N–H and O–H groups in total. The zero-order valence-corrected chi connectivity index (χ0v) is 19.9. The van der Waals surface area contributed by atoms with Crippen molar-refractivity contribution >= 4 is 17.8 Å². The smallest absolute Gasteiger partial charge is 0.320 e. The van der Waals surface area contributed by atoms with Crippen LogP contribution in [-0.2, 0) is 27.3 Å². The van der Waals surface area contributed by atoms with Crippen LogP contribution in [0.4, 0.5) is 0 Å². The monoisotopic (exact) mass is 465 g/mol. The maximum Gasteiger partial charge on any atom is 0.320 e. The molecule has 0 aromatic heterocycles. The van der Waals surface area contributed by atoms with Crippen LogP contribution in [0.1, 0.15) is 44.2 Å². The van der Waals surface area contributed by atoms with Crippen molar-refractivity contribution in [3.05, 3.63) is 71.8 Å². The number of amides is 2. The van der Waals surface area contributed by atoms with Crippen LogP contribution in [0.2, 0.25) is 0 Å². The number of carbonyl (C=O) groups excluding carboxylic acids is 2. The molecule has 0 saturated carbocycles. The molecule has 3 atom stereocenters. The van der Waals surface area contributed by atoms with Gasteiger partial charge in [0, 0.05) is 13.0 Å². The van der Waals surface area contributed by atoms with Crippen LogP contribution in [0.3, 0.4) is 0 Å². The van der Waals surface area contributed by atoms with E-state index in [4.69, 9.17) is 0 Å². The minimum Gasteiger partial charge on any atom is -0.480 e. The number of carboxylic acids is 1. The van der Waals surface area contributed by atoms with Gasteiger partial charge in [0.2, 0.25) is 11.8 Å². The third-order valence-corrected chi connectivity index (χ3v) is 6.20. The maximum absolute atomic E-state index is 13.5. The molecule has 1 aliphatic heterocycles. The molecule has 182 valence electrons. The number of rotatable bonds is 11. The Labute approximate surface area is 201 Å². The highest BCUT2D eigenvalue weighted by Gasteiger charge is 2.39. The number of likely N-dealkylation sites (tertiary alicyclic amines) is 1. The largest absolute Gasteiger partial charge is 0.480 e. The molecule has 34 heavy (non-hydrogen) atoms. The molecule has 1 saturated heterocycles. The first-order valence-corrected chi connectivity index (χ1v) is 12.0. The first-order chi connectivity index (χ1) is 16.3. The summed E-state index contributed by atoms with van der Waals surface area (Å²) in [6.07, 6.45) is 2.15. The number of aliphatic carboxylic acids is 1. The summed E-state index contributed by atoms with van der Waals surface area (Å²) in [5.41, 5.74) is 1.91. The van der Waals surface area contributed by atoms with Crippen molar-refractivity contribution in [3.63, 3.8) is 0 Å². The highest BCUT2D eigenvalue weighted by Crippen LogP contribution is 2.24. The number of carboxylic acid groups (broad SMARTS) is 1. The Morgan fingerprint density at radius 3 is 2.18 bits per heavy atom. The zero-order valence-electron chi connectivity index (χ0n) is 19.9. The average Bonchev–Trinajstić information content (AvgIpc) is 3.32. The molecule has 2 aromatic carbocycles. The van der Waals surface area contributed by atoms with Crippen LogP contribution in [0.15, 0.2) is 60.7 Å². The highest BCUT2D eigenvalue weighted by atomic mass is 16.4. The topological polar surface area (TPSA) is 98.7 Å². The van der Waals surface area contributed by atoms with Crippen molar-refractivity contribution in [1.29, 1.82) is 0 Å². The zero-order chi connectivity index (χ0) is 24.5. The van der Waals surface area contributed by atoms with E-state index in [0.29, 0.717) is 32.4 Å². The summed E-state index contributed by atoms with van der Waals surface area (Å²) in [5, 5.41) is 15.6. The van der Waals surface area contributed by atoms with Gasteiger partial charge >= 0.3 is 5.97 Å². The van der Waals surface area contributed by atoms with Gasteiger partial charge < -0.3 is 15.7 Å². The number of carbonyl (C=O) groups is 3. The standard InChI is InChI=1S/C27H35N3O4/c1-19(2)16-24(30-15-9-14-23(30)27(33)34)26(32)29-22(17-20-10-5-3-6-11-20)25(31)28-18-21-12-7-4-8-13-21/h3-8,10-13,19,22-24H,9,14-18H2,1-2H3,(H,28,31)(H,29,32)(H,33,34)/t22-,23-,24?/m0/s1. The van der Waals surface area contributed by atoms with Crippen LogP contribution >= 0.6 is 0 Å². The summed E-state index contributed by atoms with van der Waals surface area (Å²) in [5.74, 6) is -1.26. The fraction of sp³-hybridized carbons (Fsp3) is 0.444. The second-order valence-corrected chi connectivity index (χ2v) is 9.33. The Kier molecular flexibility index (Phi) is 9.22. The number of hydrogen-bond donors (Lipinski definition) is 3. The van der Waals surface area contributed by atoms with E-state index in [2.05, 4.69) is 10.6 Å². The number of nitrogens with one attached hydrogen (secondary N) is 2. The minimum atomic E-state index is -0.902. The molecule has 1 heterocycles. The van der Waals surface area contributed by atoms with Crippen molar-refractivity contribution < 1.29 is 19.5 Å². The molecule has 7 nitrogen and oxygen atoms in total. The van der Waals surface area contributed by atoms with E-state index >= 15 is 0 Å². The van der Waals surface area contributed by atoms with Gasteiger partial charge in [-0.05, 0) is 42.9 Å². The van der Waals surface area contributed by atoms with Crippen molar-refractivity contribution in [1.82, 2.24) is 15.5 Å². The van der Waals surface area contributed by atoms with E-state index in [1.807, 2.05) is 74.5 Å². The first kappa shape index (κ1) is 25.4. The predicted molar refractivity (Wildman–Crippen MR) is 131 cm³/mol. The molecule has 2 amide bonds. The van der Waals surface area contributed by atoms with Gasteiger partial charge in [-0.3, -0.25) is 19.3 Å². The Balaban J connectivity index is 1.77. The maximum atomic E-state index is 13.5. The summed E-state index contributed by atoms with van der Waals surface area (Å²) in [4.78, 5) is 40.2. The molecule has 7 heteroatoms. The fourth-order valence-corrected chi connectivity index (χ4v) is 4.50. The molecule has 1 aliphatic rings. The van der Waals surface area contributed by atoms with Gasteiger partial charge in [-0.2, -0.15) is 0 Å². The Morgan fingerprint density at radius 1 is 0.971 bits per heavy atom. The molecule has 0 spiro atoms. The molecule has 1 fully saturated rings. The van der Waals surface area contributed by atoms with Gasteiger partial charge in [0.1, 0.15) is 12.1 Å². The first-order valence-electron chi connectivity index (χ1n) is 12.0. The normalized spacial score (nSPS) is 17.8. The summed E-state index contributed by atoms with van der Waals surface area (Å²) < 4.78 is 0. The van der Waals surface area contributed by atoms with Gasteiger partial charge in [0.05, 0.1) is 6.04 Å². The molecular weight excluding hydrogens is 430 g/mol. The van der Waals surface area contributed by atoms with E-state index in [-0.39, 0.29) is 17.7 Å². The van der Waals surface area contributed by atoms with Crippen molar-refractivity contribution in [2.45, 2.75) is 64.2 Å². The van der Waals surface area contributed by atoms with Gasteiger partial charge in [0.25, 0.3) is 0 Å². The summed E-state index contributed by atoms with van der Waals surface area (Å²) in [6, 6.07) is 17.1. The van der Waals surface area contributed by atoms with Crippen LogP contribution in [0.5, 0.6) is 0 Å². The third-order valence-electron chi connectivity index (χ3n) is 6.20. The third kappa shape index (κ3) is 7.15. The average molecular weight is 466 g/mol. The molecule has 1 unspecified atom stereocenters. The van der Waals surface area contributed by atoms with Crippen molar-refractivity contribution in [2.75, 3.05) is 6.54 Å². The van der Waals surface area contributed by atoms with Gasteiger partial charge in [-0.1, -0.05) is 74.5 Å². The molecule has 3 rings (SSSR count). The number of benzene rings is 2. The van der Waals surface area contributed by atoms with Crippen LogP contribution in [0, 0.1) is 5.92 Å². The molecular formula is C27H35N3O4. The highest BCUT2D eigenvalue weighted by molar-refractivity contribution is 5.90. The van der Waals surface area contributed by atoms with E-state index in [1.54, 1.807) is 4.90 Å². The minimum absolute atomic E-state index is 0.199. The lowest BCUT2D eigenvalue weighted by molar-refractivity contribution is -0.145. The van der Waals surface area contributed by atoms with E-state index < -0.39 is 24.1 Å². The number of nitrogens with zero attached hydrogens (tertiary/aromatic N) is 1. The molecule has 0 bridgehead atoms. The molecule has 2 aromatic rings.